The second-order valence-electron chi connectivity index (χ2n) is 6.78. The molecule has 6 nitrogen and oxygen atoms in total. The minimum absolute atomic E-state index is 0.0911. The highest BCUT2D eigenvalue weighted by atomic mass is 16.5. The molecule has 1 atom stereocenters. The first kappa shape index (κ1) is 19.9. The van der Waals surface area contributed by atoms with Gasteiger partial charge in [-0.2, -0.15) is 0 Å². The molecule has 28 heavy (non-hydrogen) atoms. The molecular formula is C22H26N2O4. The van der Waals surface area contributed by atoms with E-state index >= 15 is 0 Å². The number of rotatable bonds is 8. The minimum Gasteiger partial charge on any atom is -0.497 e. The van der Waals surface area contributed by atoms with E-state index in [0.717, 1.165) is 37.2 Å². The van der Waals surface area contributed by atoms with E-state index in [1.165, 1.54) is 0 Å². The molecule has 2 amide bonds. The van der Waals surface area contributed by atoms with Crippen molar-refractivity contribution >= 4 is 11.8 Å². The third-order valence-electron chi connectivity index (χ3n) is 4.76. The molecule has 0 radical (unpaired) electrons. The van der Waals surface area contributed by atoms with Crippen LogP contribution in [0.4, 0.5) is 0 Å². The molecule has 2 aromatic rings. The van der Waals surface area contributed by atoms with Crippen LogP contribution in [0.15, 0.2) is 48.5 Å². The maximum Gasteiger partial charge on any atom is 0.251 e. The second-order valence-corrected chi connectivity index (χ2v) is 6.78. The summed E-state index contributed by atoms with van der Waals surface area (Å²) in [6.45, 7) is 1.77. The number of hydrogen-bond donors (Lipinski definition) is 2. The number of carbonyl (C=O) groups is 2. The molecule has 1 saturated heterocycles. The lowest BCUT2D eigenvalue weighted by molar-refractivity contribution is 0.0857. The number of amides is 2. The molecule has 1 unspecified atom stereocenters. The first-order chi connectivity index (χ1) is 13.7. The Balaban J connectivity index is 1.49. The molecule has 2 N–H and O–H groups in total. The van der Waals surface area contributed by atoms with Crippen molar-refractivity contribution < 1.29 is 19.1 Å². The van der Waals surface area contributed by atoms with Crippen LogP contribution in [0.3, 0.4) is 0 Å². The number of methoxy groups -OCH3 is 1. The van der Waals surface area contributed by atoms with Crippen LogP contribution in [0, 0.1) is 0 Å². The van der Waals surface area contributed by atoms with E-state index in [1.54, 1.807) is 31.4 Å². The van der Waals surface area contributed by atoms with Crippen molar-refractivity contribution in [2.75, 3.05) is 26.8 Å². The lowest BCUT2D eigenvalue weighted by Crippen LogP contribution is -2.32. The number of carbonyl (C=O) groups excluding carboxylic acids is 2. The summed E-state index contributed by atoms with van der Waals surface area (Å²) in [4.78, 5) is 24.7. The van der Waals surface area contributed by atoms with Gasteiger partial charge in [-0.3, -0.25) is 9.59 Å². The largest absolute Gasteiger partial charge is 0.497 e. The van der Waals surface area contributed by atoms with Crippen LogP contribution in [-0.2, 0) is 11.2 Å². The lowest BCUT2D eigenvalue weighted by atomic mass is 10.1. The minimum atomic E-state index is -0.192. The normalized spacial score (nSPS) is 15.8. The number of benzene rings is 2. The first-order valence-corrected chi connectivity index (χ1v) is 9.56. The maximum atomic E-state index is 12.4. The summed E-state index contributed by atoms with van der Waals surface area (Å²) in [6, 6.07) is 14.5. The molecule has 0 aromatic heterocycles. The molecule has 3 rings (SSSR count). The van der Waals surface area contributed by atoms with Crippen LogP contribution >= 0.6 is 0 Å². The molecule has 2 aromatic carbocycles. The van der Waals surface area contributed by atoms with Gasteiger partial charge in [0.05, 0.1) is 13.2 Å². The average Bonchev–Trinajstić information content (AvgIpc) is 3.26. The van der Waals surface area contributed by atoms with E-state index in [1.807, 2.05) is 24.3 Å². The van der Waals surface area contributed by atoms with E-state index in [0.29, 0.717) is 24.2 Å². The van der Waals surface area contributed by atoms with Crippen LogP contribution in [0.2, 0.25) is 0 Å². The highest BCUT2D eigenvalue weighted by molar-refractivity contribution is 5.99. The summed E-state index contributed by atoms with van der Waals surface area (Å²) in [5.74, 6) is 0.424. The molecule has 0 aliphatic carbocycles. The summed E-state index contributed by atoms with van der Waals surface area (Å²) >= 11 is 0. The van der Waals surface area contributed by atoms with Gasteiger partial charge in [0.15, 0.2) is 0 Å². The monoisotopic (exact) mass is 382 g/mol. The fraction of sp³-hybridized carbons (Fsp3) is 0.364. The van der Waals surface area contributed by atoms with Gasteiger partial charge < -0.3 is 20.1 Å². The molecule has 0 spiro atoms. The second kappa shape index (κ2) is 9.90. The average molecular weight is 382 g/mol. The van der Waals surface area contributed by atoms with Crippen LogP contribution in [0.1, 0.15) is 39.1 Å². The number of hydrogen-bond acceptors (Lipinski definition) is 4. The van der Waals surface area contributed by atoms with Gasteiger partial charge in [0.1, 0.15) is 5.75 Å². The fourth-order valence-electron chi connectivity index (χ4n) is 3.13. The van der Waals surface area contributed by atoms with Crippen molar-refractivity contribution in [3.63, 3.8) is 0 Å². The van der Waals surface area contributed by atoms with E-state index in [4.69, 9.17) is 9.47 Å². The summed E-state index contributed by atoms with van der Waals surface area (Å²) in [7, 11) is 1.63. The van der Waals surface area contributed by atoms with Crippen molar-refractivity contribution in [1.82, 2.24) is 10.6 Å². The molecule has 1 heterocycles. The highest BCUT2D eigenvalue weighted by Crippen LogP contribution is 2.12. The Labute approximate surface area is 165 Å². The zero-order valence-corrected chi connectivity index (χ0v) is 16.1. The van der Waals surface area contributed by atoms with Gasteiger partial charge in [-0.1, -0.05) is 18.2 Å². The predicted molar refractivity (Wildman–Crippen MR) is 107 cm³/mol. The van der Waals surface area contributed by atoms with Crippen LogP contribution < -0.4 is 15.4 Å². The highest BCUT2D eigenvalue weighted by Gasteiger charge is 2.17. The Morgan fingerprint density at radius 2 is 1.79 bits per heavy atom. The molecule has 1 fully saturated rings. The molecule has 0 saturated carbocycles. The lowest BCUT2D eigenvalue weighted by Gasteiger charge is -2.11. The van der Waals surface area contributed by atoms with Crippen molar-refractivity contribution in [3.05, 3.63) is 65.2 Å². The van der Waals surface area contributed by atoms with Gasteiger partial charge in [-0.25, -0.2) is 0 Å². The van der Waals surface area contributed by atoms with Crippen LogP contribution in [0.25, 0.3) is 0 Å². The van der Waals surface area contributed by atoms with Crippen molar-refractivity contribution in [1.29, 1.82) is 0 Å². The van der Waals surface area contributed by atoms with E-state index in [9.17, 15) is 9.59 Å². The van der Waals surface area contributed by atoms with Crippen LogP contribution in [0.5, 0.6) is 5.75 Å². The summed E-state index contributed by atoms with van der Waals surface area (Å²) in [5, 5.41) is 5.77. The van der Waals surface area contributed by atoms with Crippen molar-refractivity contribution in [3.8, 4) is 5.75 Å². The van der Waals surface area contributed by atoms with Gasteiger partial charge in [-0.05, 0) is 55.2 Å². The van der Waals surface area contributed by atoms with Crippen molar-refractivity contribution in [2.24, 2.45) is 0 Å². The van der Waals surface area contributed by atoms with Crippen LogP contribution in [-0.4, -0.2) is 44.7 Å². The standard InChI is InChI=1S/C22H26N2O4/c1-27-19-9-7-16(8-10-19)11-12-23-21(25)17-4-2-5-18(14-17)22(26)24-15-20-6-3-13-28-20/h2,4-5,7-10,14,20H,3,6,11-13,15H2,1H3,(H,23,25)(H,24,26). The maximum absolute atomic E-state index is 12.4. The number of ether oxygens (including phenoxy) is 2. The fourth-order valence-corrected chi connectivity index (χ4v) is 3.13. The molecule has 6 heteroatoms. The molecule has 148 valence electrons. The quantitative estimate of drug-likeness (QED) is 0.736. The SMILES string of the molecule is COc1ccc(CCNC(=O)c2cccc(C(=O)NCC3CCCO3)c2)cc1. The summed E-state index contributed by atoms with van der Waals surface area (Å²) < 4.78 is 10.6. The summed E-state index contributed by atoms with van der Waals surface area (Å²) in [6.07, 6.45) is 2.81. The third kappa shape index (κ3) is 5.57. The molecular weight excluding hydrogens is 356 g/mol. The molecule has 1 aliphatic heterocycles. The Morgan fingerprint density at radius 3 is 2.43 bits per heavy atom. The zero-order chi connectivity index (χ0) is 19.8. The molecule has 0 bridgehead atoms. The Kier molecular flexibility index (Phi) is 7.03. The van der Waals surface area contributed by atoms with Crippen molar-refractivity contribution in [2.45, 2.75) is 25.4 Å². The van der Waals surface area contributed by atoms with E-state index in [2.05, 4.69) is 10.6 Å². The van der Waals surface area contributed by atoms with Gasteiger partial charge >= 0.3 is 0 Å². The first-order valence-electron chi connectivity index (χ1n) is 9.56. The smallest absolute Gasteiger partial charge is 0.251 e. The Morgan fingerprint density at radius 1 is 1.07 bits per heavy atom. The predicted octanol–water partition coefficient (Wildman–Crippen LogP) is 2.58. The Bertz CT molecular complexity index is 798. The third-order valence-corrected chi connectivity index (χ3v) is 4.76. The topological polar surface area (TPSA) is 76.7 Å². The van der Waals surface area contributed by atoms with Gasteiger partial charge in [0.2, 0.25) is 0 Å². The number of nitrogens with one attached hydrogen (secondary N) is 2. The van der Waals surface area contributed by atoms with E-state index in [-0.39, 0.29) is 17.9 Å². The van der Waals surface area contributed by atoms with E-state index < -0.39 is 0 Å². The molecule has 1 aliphatic rings. The summed E-state index contributed by atoms with van der Waals surface area (Å²) in [5.41, 5.74) is 2.06. The van der Waals surface area contributed by atoms with Gasteiger partial charge in [0.25, 0.3) is 11.8 Å². The Hall–Kier alpha value is -2.86. The van der Waals surface area contributed by atoms with Gasteiger partial charge in [0, 0.05) is 30.8 Å². The van der Waals surface area contributed by atoms with Gasteiger partial charge in [-0.15, -0.1) is 0 Å². The zero-order valence-electron chi connectivity index (χ0n) is 16.1.